The van der Waals surface area contributed by atoms with Crippen molar-refractivity contribution in [2.45, 2.75) is 70.6 Å². The summed E-state index contributed by atoms with van der Waals surface area (Å²) in [6, 6.07) is 12.4. The number of ether oxygens (including phenoxy) is 1. The molecule has 4 atom stereocenters. The molecular formula is C31H36FN5O3. The van der Waals surface area contributed by atoms with Crippen molar-refractivity contribution in [2.24, 2.45) is 18.9 Å². The molecule has 1 aliphatic carbocycles. The van der Waals surface area contributed by atoms with E-state index in [2.05, 4.69) is 16.4 Å². The number of piperidine rings is 1. The number of nitrogens with zero attached hydrogens (tertiary/aromatic N) is 4. The number of carbonyl (C=O) groups is 2. The molecule has 8 nitrogen and oxygen atoms in total. The van der Waals surface area contributed by atoms with Crippen molar-refractivity contribution in [3.63, 3.8) is 0 Å². The second kappa shape index (κ2) is 10.6. The van der Waals surface area contributed by atoms with Crippen LogP contribution < -0.4 is 5.32 Å². The van der Waals surface area contributed by atoms with Crippen molar-refractivity contribution in [1.29, 1.82) is 5.26 Å². The van der Waals surface area contributed by atoms with Crippen LogP contribution in [0, 0.1) is 29.0 Å². The molecule has 1 amide bonds. The lowest BCUT2D eigenvalue weighted by Gasteiger charge is -2.35. The first-order valence-corrected chi connectivity index (χ1v) is 13.9. The van der Waals surface area contributed by atoms with Crippen LogP contribution >= 0.6 is 0 Å². The molecule has 3 aromatic rings. The summed E-state index contributed by atoms with van der Waals surface area (Å²) >= 11 is 0. The van der Waals surface area contributed by atoms with Crippen LogP contribution in [0.5, 0.6) is 0 Å². The summed E-state index contributed by atoms with van der Waals surface area (Å²) in [5.74, 6) is -0.437. The number of fused-ring (bicyclic) bond motifs is 3. The Morgan fingerprint density at radius 1 is 1.20 bits per heavy atom. The number of hydrogen-bond acceptors (Lipinski definition) is 6. The summed E-state index contributed by atoms with van der Waals surface area (Å²) in [7, 11) is 3.74. The molecule has 1 N–H and O–H groups in total. The number of likely N-dealkylation sites (tertiary alicyclic amines) is 1. The Morgan fingerprint density at radius 3 is 2.60 bits per heavy atom. The fourth-order valence-electron chi connectivity index (χ4n) is 6.27. The van der Waals surface area contributed by atoms with Crippen LogP contribution in [0.15, 0.2) is 36.4 Å². The predicted molar refractivity (Wildman–Crippen MR) is 151 cm³/mol. The van der Waals surface area contributed by atoms with E-state index in [1.54, 1.807) is 31.7 Å². The lowest BCUT2D eigenvalue weighted by atomic mass is 9.87. The molecule has 2 heterocycles. The third-order valence-corrected chi connectivity index (χ3v) is 8.11. The largest absolute Gasteiger partial charge is 0.444 e. The Morgan fingerprint density at radius 2 is 1.93 bits per heavy atom. The van der Waals surface area contributed by atoms with E-state index in [1.165, 1.54) is 6.07 Å². The number of nitrogens with one attached hydrogen (secondary N) is 1. The Hall–Kier alpha value is -3.93. The molecular weight excluding hydrogens is 509 g/mol. The van der Waals surface area contributed by atoms with Gasteiger partial charge in [0, 0.05) is 26.6 Å². The van der Waals surface area contributed by atoms with Gasteiger partial charge >= 0.3 is 6.09 Å². The molecule has 2 aromatic carbocycles. The van der Waals surface area contributed by atoms with E-state index in [0.29, 0.717) is 11.1 Å². The minimum absolute atomic E-state index is 0.00513. The number of amides is 1. The smallest absolute Gasteiger partial charge is 0.411 e. The van der Waals surface area contributed by atoms with Gasteiger partial charge in [0.1, 0.15) is 11.4 Å². The van der Waals surface area contributed by atoms with Gasteiger partial charge in [-0.3, -0.25) is 9.69 Å². The maximum atomic E-state index is 15.3. The number of aromatic nitrogens is 2. The first-order valence-electron chi connectivity index (χ1n) is 13.9. The maximum absolute atomic E-state index is 15.3. The van der Waals surface area contributed by atoms with E-state index < -0.39 is 29.5 Å². The van der Waals surface area contributed by atoms with Crippen LogP contribution in [0.1, 0.15) is 52.0 Å². The number of halogens is 1. The van der Waals surface area contributed by atoms with Crippen LogP contribution in [-0.2, 0) is 23.0 Å². The highest BCUT2D eigenvalue weighted by atomic mass is 19.1. The van der Waals surface area contributed by atoms with Gasteiger partial charge in [0.05, 0.1) is 29.1 Å². The zero-order valence-corrected chi connectivity index (χ0v) is 23.7. The van der Waals surface area contributed by atoms with Crippen molar-refractivity contribution in [3.8, 4) is 17.2 Å². The Balaban J connectivity index is 1.29. The minimum atomic E-state index is -0.697. The summed E-state index contributed by atoms with van der Waals surface area (Å²) in [6.07, 6.45) is 2.13. The lowest BCUT2D eigenvalue weighted by Crippen LogP contribution is -2.51. The van der Waals surface area contributed by atoms with Crippen molar-refractivity contribution in [1.82, 2.24) is 14.5 Å². The number of ketones is 1. The molecule has 1 saturated heterocycles. The third kappa shape index (κ3) is 5.27. The highest BCUT2D eigenvalue weighted by Crippen LogP contribution is 2.44. The standard InChI is InChI=1S/C31H36FN5O3/c1-31(2,3)40-30(39)37-23-10-8-22(14-23)28(37)27(38)13-18(17-33)12-21-7-6-19(15-24(21)32)20-9-11-26-25(16-20)35-29(34-4)36(26)5/h6-7,9,11,15-16,18,22-23,28H,8,10,12-14H2,1-5H3,(H,34,35)/t18-,22+,23-,28+/m1/s1. The Labute approximate surface area is 234 Å². The Bertz CT molecular complexity index is 1500. The van der Waals surface area contributed by atoms with Gasteiger partial charge in [0.2, 0.25) is 5.95 Å². The SMILES string of the molecule is CNc1nc2cc(-c3ccc(C[C@@H](C#N)CC(=O)[C@@H]4[C@H]5CC[C@H](C5)N4C(=O)OC(C)(C)C)c(F)c3)ccc2n1C. The molecule has 2 fully saturated rings. The zero-order chi connectivity index (χ0) is 28.8. The molecule has 1 aliphatic heterocycles. The molecule has 1 aromatic heterocycles. The fourth-order valence-corrected chi connectivity index (χ4v) is 6.27. The van der Waals surface area contributed by atoms with Gasteiger partial charge in [-0.15, -0.1) is 0 Å². The summed E-state index contributed by atoms with van der Waals surface area (Å²) in [6.45, 7) is 5.41. The quantitative estimate of drug-likeness (QED) is 0.400. The summed E-state index contributed by atoms with van der Waals surface area (Å²) < 4.78 is 22.8. The van der Waals surface area contributed by atoms with Crippen molar-refractivity contribution in [2.75, 3.05) is 12.4 Å². The van der Waals surface area contributed by atoms with Crippen molar-refractivity contribution >= 4 is 28.9 Å². The first kappa shape index (κ1) is 27.6. The van der Waals surface area contributed by atoms with Gasteiger partial charge in [-0.2, -0.15) is 5.26 Å². The monoisotopic (exact) mass is 545 g/mol. The lowest BCUT2D eigenvalue weighted by molar-refractivity contribution is -0.126. The number of carbonyl (C=O) groups excluding carboxylic acids is 2. The van der Waals surface area contributed by atoms with Crippen LogP contribution in [0.25, 0.3) is 22.2 Å². The fraction of sp³-hybridized carbons (Fsp3) is 0.484. The first-order chi connectivity index (χ1) is 19.0. The number of rotatable bonds is 7. The molecule has 2 aliphatic rings. The number of hydrogen-bond donors (Lipinski definition) is 1. The number of nitriles is 1. The number of benzene rings is 2. The van der Waals surface area contributed by atoms with E-state index in [1.807, 2.05) is 42.9 Å². The predicted octanol–water partition coefficient (Wildman–Crippen LogP) is 5.85. The molecule has 0 unspecified atom stereocenters. The maximum Gasteiger partial charge on any atom is 0.411 e. The summed E-state index contributed by atoms with van der Waals surface area (Å²) in [5.41, 5.74) is 3.04. The van der Waals surface area contributed by atoms with E-state index in [0.717, 1.165) is 41.8 Å². The molecule has 0 spiro atoms. The number of aryl methyl sites for hydroxylation is 1. The highest BCUT2D eigenvalue weighted by molar-refractivity contribution is 5.89. The highest BCUT2D eigenvalue weighted by Gasteiger charge is 2.52. The van der Waals surface area contributed by atoms with Gasteiger partial charge in [0.15, 0.2) is 5.78 Å². The molecule has 210 valence electrons. The van der Waals surface area contributed by atoms with E-state index >= 15 is 4.39 Å². The van der Waals surface area contributed by atoms with Gasteiger partial charge < -0.3 is 14.6 Å². The number of Topliss-reactive ketones (excluding diaryl/α,β-unsaturated/α-hetero) is 1. The van der Waals surface area contributed by atoms with Gasteiger partial charge in [-0.25, -0.2) is 14.2 Å². The second-order valence-electron chi connectivity index (χ2n) is 12.0. The molecule has 0 radical (unpaired) electrons. The third-order valence-electron chi connectivity index (χ3n) is 8.11. The molecule has 5 rings (SSSR count). The topological polar surface area (TPSA) is 100 Å². The molecule has 40 heavy (non-hydrogen) atoms. The number of imidazole rings is 1. The van der Waals surface area contributed by atoms with E-state index in [4.69, 9.17) is 4.74 Å². The van der Waals surface area contributed by atoms with Crippen LogP contribution in [0.3, 0.4) is 0 Å². The second-order valence-corrected chi connectivity index (χ2v) is 12.0. The van der Waals surface area contributed by atoms with Gasteiger partial charge in [-0.1, -0.05) is 18.2 Å². The number of anilines is 1. The normalized spacial score (nSPS) is 20.9. The molecule has 9 heteroatoms. The van der Waals surface area contributed by atoms with Crippen molar-refractivity contribution < 1.29 is 18.7 Å². The zero-order valence-electron chi connectivity index (χ0n) is 23.7. The average molecular weight is 546 g/mol. The van der Waals surface area contributed by atoms with Crippen LogP contribution in [0.2, 0.25) is 0 Å². The van der Waals surface area contributed by atoms with Gasteiger partial charge in [-0.05, 0) is 87.3 Å². The van der Waals surface area contributed by atoms with E-state index in [-0.39, 0.29) is 30.6 Å². The van der Waals surface area contributed by atoms with E-state index in [9.17, 15) is 14.9 Å². The Kier molecular flexibility index (Phi) is 7.30. The summed E-state index contributed by atoms with van der Waals surface area (Å²) in [5, 5.41) is 12.9. The molecule has 2 bridgehead atoms. The van der Waals surface area contributed by atoms with Crippen LogP contribution in [-0.4, -0.2) is 51.1 Å². The minimum Gasteiger partial charge on any atom is -0.444 e. The average Bonchev–Trinajstić information content (AvgIpc) is 3.61. The van der Waals surface area contributed by atoms with Gasteiger partial charge in [0.25, 0.3) is 0 Å². The molecule has 1 saturated carbocycles. The van der Waals surface area contributed by atoms with Crippen LogP contribution in [0.4, 0.5) is 15.1 Å². The van der Waals surface area contributed by atoms with Crippen molar-refractivity contribution in [3.05, 3.63) is 47.8 Å². The summed E-state index contributed by atoms with van der Waals surface area (Å²) in [4.78, 5) is 32.6.